The molecular formula is C27H26FN3O2. The van der Waals surface area contributed by atoms with E-state index in [4.69, 9.17) is 0 Å². The van der Waals surface area contributed by atoms with Crippen molar-refractivity contribution in [2.24, 2.45) is 0 Å². The van der Waals surface area contributed by atoms with Gasteiger partial charge in [-0.15, -0.1) is 0 Å². The van der Waals surface area contributed by atoms with Crippen LogP contribution in [0.1, 0.15) is 22.3 Å². The van der Waals surface area contributed by atoms with Crippen molar-refractivity contribution in [2.45, 2.75) is 26.8 Å². The monoisotopic (exact) mass is 443 g/mol. The number of urea groups is 1. The first-order chi connectivity index (χ1) is 15.9. The number of halogens is 1. The van der Waals surface area contributed by atoms with E-state index >= 15 is 0 Å². The number of H-pyrrole nitrogens is 1. The summed E-state index contributed by atoms with van der Waals surface area (Å²) in [5.74, 6) is -0.373. The fourth-order valence-corrected chi connectivity index (χ4v) is 3.80. The molecule has 0 radical (unpaired) electrons. The van der Waals surface area contributed by atoms with E-state index in [1.807, 2.05) is 56.3 Å². The molecule has 168 valence electrons. The summed E-state index contributed by atoms with van der Waals surface area (Å²) in [6, 6.07) is 21.1. The van der Waals surface area contributed by atoms with E-state index in [-0.39, 0.29) is 24.0 Å². The standard InChI is InChI=1S/C27H26FN3O2/c1-18-4-3-5-20(14-18)12-13-31(27(33)29-24-10-8-23(28)9-11-24)17-22-16-21-7-6-19(2)15-25(21)30-26(22)32/h3-11,14-16H,12-13,17H2,1-2H3,(H,29,33)(H,30,32). The molecule has 2 amide bonds. The lowest BCUT2D eigenvalue weighted by atomic mass is 10.1. The number of hydrogen-bond acceptors (Lipinski definition) is 2. The summed E-state index contributed by atoms with van der Waals surface area (Å²) in [5, 5.41) is 3.72. The van der Waals surface area contributed by atoms with Gasteiger partial charge < -0.3 is 15.2 Å². The predicted octanol–water partition coefficient (Wildman–Crippen LogP) is 5.56. The third kappa shape index (κ3) is 5.66. The number of pyridine rings is 1. The van der Waals surface area contributed by atoms with Gasteiger partial charge in [0.25, 0.3) is 5.56 Å². The SMILES string of the molecule is Cc1cccc(CCN(Cc2cc3ccc(C)cc3[nH]c2=O)C(=O)Nc2ccc(F)cc2)c1. The van der Waals surface area contributed by atoms with Crippen LogP contribution in [0.5, 0.6) is 0 Å². The zero-order chi connectivity index (χ0) is 23.4. The molecule has 6 heteroatoms. The van der Waals surface area contributed by atoms with Gasteiger partial charge in [0, 0.05) is 23.3 Å². The second-order valence-corrected chi connectivity index (χ2v) is 8.31. The Kier molecular flexibility index (Phi) is 6.54. The highest BCUT2D eigenvalue weighted by atomic mass is 19.1. The summed E-state index contributed by atoms with van der Waals surface area (Å²) < 4.78 is 13.2. The maximum absolute atomic E-state index is 13.2. The van der Waals surface area contributed by atoms with Crippen LogP contribution in [0.25, 0.3) is 10.9 Å². The largest absolute Gasteiger partial charge is 0.322 e. The first kappa shape index (κ1) is 22.3. The Bertz CT molecular complexity index is 1350. The maximum Gasteiger partial charge on any atom is 0.322 e. The number of aromatic amines is 1. The zero-order valence-electron chi connectivity index (χ0n) is 18.7. The van der Waals surface area contributed by atoms with Crippen LogP contribution < -0.4 is 10.9 Å². The molecule has 0 aliphatic heterocycles. The summed E-state index contributed by atoms with van der Waals surface area (Å²) in [6.07, 6.45) is 0.642. The molecule has 0 atom stereocenters. The Balaban J connectivity index is 1.59. The van der Waals surface area contributed by atoms with Gasteiger partial charge in [-0.3, -0.25) is 4.79 Å². The molecule has 3 aromatic carbocycles. The summed E-state index contributed by atoms with van der Waals surface area (Å²) in [4.78, 5) is 30.4. The highest BCUT2D eigenvalue weighted by Crippen LogP contribution is 2.16. The van der Waals surface area contributed by atoms with Gasteiger partial charge >= 0.3 is 6.03 Å². The Morgan fingerprint density at radius 3 is 2.48 bits per heavy atom. The van der Waals surface area contributed by atoms with Crippen molar-refractivity contribution >= 4 is 22.6 Å². The number of aryl methyl sites for hydroxylation is 2. The molecule has 4 rings (SSSR count). The molecule has 0 aliphatic rings. The molecule has 33 heavy (non-hydrogen) atoms. The van der Waals surface area contributed by atoms with E-state index in [0.717, 1.165) is 27.6 Å². The van der Waals surface area contributed by atoms with Crippen molar-refractivity contribution in [1.82, 2.24) is 9.88 Å². The molecule has 5 nitrogen and oxygen atoms in total. The van der Waals surface area contributed by atoms with E-state index in [1.165, 1.54) is 24.3 Å². The molecule has 0 saturated carbocycles. The number of benzene rings is 3. The lowest BCUT2D eigenvalue weighted by molar-refractivity contribution is 0.209. The first-order valence-corrected chi connectivity index (χ1v) is 10.9. The third-order valence-corrected chi connectivity index (χ3v) is 5.58. The highest BCUT2D eigenvalue weighted by Gasteiger charge is 2.17. The van der Waals surface area contributed by atoms with E-state index in [0.29, 0.717) is 24.2 Å². The topological polar surface area (TPSA) is 65.2 Å². The van der Waals surface area contributed by atoms with Crippen LogP contribution in [0.15, 0.2) is 77.6 Å². The summed E-state index contributed by atoms with van der Waals surface area (Å²) >= 11 is 0. The molecule has 0 aliphatic carbocycles. The Hall–Kier alpha value is -3.93. The van der Waals surface area contributed by atoms with E-state index < -0.39 is 0 Å². The van der Waals surface area contributed by atoms with Crippen LogP contribution in [-0.2, 0) is 13.0 Å². The zero-order valence-corrected chi connectivity index (χ0v) is 18.7. The minimum atomic E-state index is -0.373. The van der Waals surface area contributed by atoms with Crippen LogP contribution in [0.2, 0.25) is 0 Å². The van der Waals surface area contributed by atoms with Gasteiger partial charge in [0.1, 0.15) is 5.82 Å². The first-order valence-electron chi connectivity index (χ1n) is 10.9. The van der Waals surface area contributed by atoms with E-state index in [9.17, 15) is 14.0 Å². The average Bonchev–Trinajstić information content (AvgIpc) is 2.78. The molecule has 1 heterocycles. The van der Waals surface area contributed by atoms with Crippen molar-refractivity contribution in [2.75, 3.05) is 11.9 Å². The Morgan fingerprint density at radius 2 is 1.73 bits per heavy atom. The lowest BCUT2D eigenvalue weighted by Crippen LogP contribution is -2.37. The fourth-order valence-electron chi connectivity index (χ4n) is 3.80. The average molecular weight is 444 g/mol. The Morgan fingerprint density at radius 1 is 0.970 bits per heavy atom. The molecule has 0 fully saturated rings. The molecule has 0 bridgehead atoms. The minimum Gasteiger partial charge on any atom is -0.322 e. The number of carbonyl (C=O) groups is 1. The molecule has 0 saturated heterocycles. The second kappa shape index (κ2) is 9.69. The maximum atomic E-state index is 13.2. The highest BCUT2D eigenvalue weighted by molar-refractivity contribution is 5.89. The number of aromatic nitrogens is 1. The number of nitrogens with one attached hydrogen (secondary N) is 2. The van der Waals surface area contributed by atoms with Gasteiger partial charge in [-0.05, 0) is 73.2 Å². The summed E-state index contributed by atoms with van der Waals surface area (Å²) in [5.41, 5.74) is 4.86. The molecule has 0 unspecified atom stereocenters. The van der Waals surface area contributed by atoms with Gasteiger partial charge in [0.15, 0.2) is 0 Å². The minimum absolute atomic E-state index is 0.151. The van der Waals surface area contributed by atoms with Crippen molar-refractivity contribution < 1.29 is 9.18 Å². The number of fused-ring (bicyclic) bond motifs is 1. The summed E-state index contributed by atoms with van der Waals surface area (Å²) in [6.45, 7) is 4.57. The number of anilines is 1. The predicted molar refractivity (Wildman–Crippen MR) is 130 cm³/mol. The van der Waals surface area contributed by atoms with Gasteiger partial charge in [-0.1, -0.05) is 42.0 Å². The molecule has 4 aromatic rings. The lowest BCUT2D eigenvalue weighted by Gasteiger charge is -2.23. The number of hydrogen-bond donors (Lipinski definition) is 2. The van der Waals surface area contributed by atoms with Crippen LogP contribution in [0.4, 0.5) is 14.9 Å². The van der Waals surface area contributed by atoms with E-state index in [2.05, 4.69) is 16.4 Å². The second-order valence-electron chi connectivity index (χ2n) is 8.31. The van der Waals surface area contributed by atoms with Crippen LogP contribution in [0, 0.1) is 19.7 Å². The third-order valence-electron chi connectivity index (χ3n) is 5.58. The molecule has 1 aromatic heterocycles. The molecule has 0 spiro atoms. The summed E-state index contributed by atoms with van der Waals surface area (Å²) in [7, 11) is 0. The number of rotatable bonds is 6. The number of carbonyl (C=O) groups excluding carboxylic acids is 1. The fraction of sp³-hybridized carbons (Fsp3) is 0.185. The normalized spacial score (nSPS) is 10.9. The van der Waals surface area contributed by atoms with Gasteiger partial charge in [-0.2, -0.15) is 0 Å². The Labute approximate surface area is 191 Å². The van der Waals surface area contributed by atoms with Crippen LogP contribution >= 0.6 is 0 Å². The van der Waals surface area contributed by atoms with Crippen molar-refractivity contribution in [3.05, 3.63) is 111 Å². The number of nitrogens with zero attached hydrogens (tertiary/aromatic N) is 1. The van der Waals surface area contributed by atoms with E-state index in [1.54, 1.807) is 4.90 Å². The van der Waals surface area contributed by atoms with Gasteiger partial charge in [0.05, 0.1) is 6.54 Å². The van der Waals surface area contributed by atoms with Gasteiger partial charge in [0.2, 0.25) is 0 Å². The van der Waals surface area contributed by atoms with Crippen molar-refractivity contribution in [1.29, 1.82) is 0 Å². The van der Waals surface area contributed by atoms with Crippen molar-refractivity contribution in [3.63, 3.8) is 0 Å². The molecule has 2 N–H and O–H groups in total. The quantitative estimate of drug-likeness (QED) is 0.410. The van der Waals surface area contributed by atoms with Crippen molar-refractivity contribution in [3.8, 4) is 0 Å². The number of amides is 2. The van der Waals surface area contributed by atoms with Gasteiger partial charge in [-0.25, -0.2) is 9.18 Å². The van der Waals surface area contributed by atoms with Crippen LogP contribution in [-0.4, -0.2) is 22.5 Å². The smallest absolute Gasteiger partial charge is 0.322 e. The molecular weight excluding hydrogens is 417 g/mol. The van der Waals surface area contributed by atoms with Crippen LogP contribution in [0.3, 0.4) is 0 Å².